The van der Waals surface area contributed by atoms with Crippen LogP contribution in [0, 0.1) is 23.2 Å². The summed E-state index contributed by atoms with van der Waals surface area (Å²) in [7, 11) is 1.87. The molecule has 0 radical (unpaired) electrons. The molecule has 1 atom stereocenters. The Labute approximate surface area is 237 Å². The second-order valence-electron chi connectivity index (χ2n) is 12.1. The van der Waals surface area contributed by atoms with Crippen LogP contribution in [-0.4, -0.2) is 38.7 Å². The van der Waals surface area contributed by atoms with Crippen LogP contribution >= 0.6 is 0 Å². The van der Waals surface area contributed by atoms with Gasteiger partial charge in [-0.05, 0) is 79.1 Å². The maximum Gasteiger partial charge on any atom is 0.416 e. The number of nitrogens with zero attached hydrogens (tertiary/aromatic N) is 6. The lowest BCUT2D eigenvalue weighted by Gasteiger charge is -2.45. The van der Waals surface area contributed by atoms with E-state index >= 15 is 0 Å². The smallest absolute Gasteiger partial charge is 0.321 e. The molecule has 2 aliphatic heterocycles. The summed E-state index contributed by atoms with van der Waals surface area (Å²) < 4.78 is 44.7. The van der Waals surface area contributed by atoms with Gasteiger partial charge in [0.1, 0.15) is 12.2 Å². The first kappa shape index (κ1) is 27.5. The van der Waals surface area contributed by atoms with Crippen molar-refractivity contribution in [2.24, 2.45) is 18.9 Å². The Morgan fingerprint density at radius 3 is 2.68 bits per heavy atom. The molecule has 0 bridgehead atoms. The highest BCUT2D eigenvalue weighted by Crippen LogP contribution is 2.50. The zero-order chi connectivity index (χ0) is 28.9. The van der Waals surface area contributed by atoms with Crippen molar-refractivity contribution in [2.45, 2.75) is 63.7 Å². The van der Waals surface area contributed by atoms with E-state index in [2.05, 4.69) is 28.1 Å². The monoisotopic (exact) mass is 562 g/mol. The third-order valence-electron chi connectivity index (χ3n) is 9.08. The van der Waals surface area contributed by atoms with Gasteiger partial charge >= 0.3 is 6.18 Å². The number of amides is 1. The first-order valence-corrected chi connectivity index (χ1v) is 14.2. The fourth-order valence-electron chi connectivity index (χ4n) is 6.94. The summed E-state index contributed by atoms with van der Waals surface area (Å²) >= 11 is 0. The van der Waals surface area contributed by atoms with Crippen molar-refractivity contribution < 1.29 is 18.0 Å². The van der Waals surface area contributed by atoms with Crippen molar-refractivity contribution in [1.29, 1.82) is 5.26 Å². The normalized spacial score (nSPS) is 24.7. The summed E-state index contributed by atoms with van der Waals surface area (Å²) in [5.41, 5.74) is 1.11. The summed E-state index contributed by atoms with van der Waals surface area (Å²) in [4.78, 5) is 17.3. The van der Waals surface area contributed by atoms with E-state index in [9.17, 15) is 23.2 Å². The van der Waals surface area contributed by atoms with Gasteiger partial charge in [-0.25, -0.2) is 0 Å². The summed E-state index contributed by atoms with van der Waals surface area (Å²) in [5, 5.41) is 17.7. The van der Waals surface area contributed by atoms with Gasteiger partial charge in [0.2, 0.25) is 0 Å². The number of carbonyl (C=O) groups is 1. The molecule has 10 heteroatoms. The van der Waals surface area contributed by atoms with Crippen LogP contribution in [0.25, 0.3) is 0 Å². The van der Waals surface area contributed by atoms with Crippen LogP contribution in [0.4, 0.5) is 18.9 Å². The Kier molecular flexibility index (Phi) is 6.89. The zero-order valence-electron chi connectivity index (χ0n) is 23.3. The van der Waals surface area contributed by atoms with Crippen LogP contribution in [0.15, 0.2) is 42.7 Å². The van der Waals surface area contributed by atoms with Gasteiger partial charge in [0.05, 0.1) is 18.2 Å². The summed E-state index contributed by atoms with van der Waals surface area (Å²) in [6, 6.07) is 12.7. The number of alkyl halides is 3. The fraction of sp³-hybridized carbons (Fsp3) is 0.484. The number of benzene rings is 2. The molecule has 0 unspecified atom stereocenters. The maximum atomic E-state index is 14.3. The third-order valence-corrected chi connectivity index (χ3v) is 9.08. The zero-order valence-corrected chi connectivity index (χ0v) is 23.3. The van der Waals surface area contributed by atoms with Crippen LogP contribution < -0.4 is 4.90 Å². The number of fused-ring (bicyclic) bond motifs is 1. The number of rotatable bonds is 6. The Morgan fingerprint density at radius 1 is 1.20 bits per heavy atom. The Hall–Kier alpha value is -3.71. The van der Waals surface area contributed by atoms with Crippen molar-refractivity contribution in [1.82, 2.24) is 19.7 Å². The highest BCUT2D eigenvalue weighted by Gasteiger charge is 2.47. The molecule has 0 N–H and O–H groups in total. The minimum atomic E-state index is -4.56. The predicted octanol–water partition coefficient (Wildman–Crippen LogP) is 5.64. The number of aryl methyl sites for hydroxylation is 1. The highest BCUT2D eigenvalue weighted by molar-refractivity contribution is 6.10. The maximum absolute atomic E-state index is 14.3. The van der Waals surface area contributed by atoms with Crippen LogP contribution in [0.3, 0.4) is 0 Å². The molecular weight excluding hydrogens is 529 g/mol. The van der Waals surface area contributed by atoms with E-state index in [1.54, 1.807) is 18.5 Å². The van der Waals surface area contributed by atoms with E-state index < -0.39 is 17.6 Å². The van der Waals surface area contributed by atoms with Crippen molar-refractivity contribution in [3.05, 3.63) is 76.4 Å². The number of anilines is 1. The van der Waals surface area contributed by atoms with E-state index in [1.807, 2.05) is 29.8 Å². The van der Waals surface area contributed by atoms with Crippen LogP contribution in [-0.2, 0) is 38.1 Å². The molecule has 214 valence electrons. The van der Waals surface area contributed by atoms with Gasteiger partial charge in [0.15, 0.2) is 0 Å². The number of likely N-dealkylation sites (tertiary alicyclic amines) is 1. The molecule has 1 aromatic heterocycles. The molecule has 1 aliphatic carbocycles. The SMILES string of the molecule is C[C@@H]1CCCN(Cc2cc3c(c(C(F)(F)F)c2)CN(c2cccc(C4(Cc5nncn5C)CC(C#N)C4)c2)C3=O)C1. The Bertz CT molecular complexity index is 1520. The molecule has 2 fully saturated rings. The van der Waals surface area contributed by atoms with Crippen molar-refractivity contribution in [3.8, 4) is 6.07 Å². The average Bonchev–Trinajstić information content (AvgIpc) is 3.47. The molecule has 2 aromatic carbocycles. The van der Waals surface area contributed by atoms with Crippen molar-refractivity contribution in [3.63, 3.8) is 0 Å². The number of aromatic nitrogens is 3. The van der Waals surface area contributed by atoms with Crippen molar-refractivity contribution in [2.75, 3.05) is 18.0 Å². The van der Waals surface area contributed by atoms with Gasteiger partial charge in [-0.1, -0.05) is 19.1 Å². The average molecular weight is 563 g/mol. The Morgan fingerprint density at radius 2 is 2.00 bits per heavy atom. The van der Waals surface area contributed by atoms with Gasteiger partial charge < -0.3 is 9.47 Å². The minimum Gasteiger partial charge on any atom is -0.321 e. The quantitative estimate of drug-likeness (QED) is 0.389. The lowest BCUT2D eigenvalue weighted by molar-refractivity contribution is -0.138. The van der Waals surface area contributed by atoms with Gasteiger partial charge in [-0.3, -0.25) is 9.69 Å². The highest BCUT2D eigenvalue weighted by atomic mass is 19.4. The summed E-state index contributed by atoms with van der Waals surface area (Å²) in [6.07, 6.45) is 1.09. The van der Waals surface area contributed by atoms with Crippen molar-refractivity contribution >= 4 is 11.6 Å². The third kappa shape index (κ3) is 5.12. The lowest BCUT2D eigenvalue weighted by atomic mass is 9.57. The van der Waals surface area contributed by atoms with Gasteiger partial charge in [-0.2, -0.15) is 18.4 Å². The van der Waals surface area contributed by atoms with Gasteiger partial charge in [0, 0.05) is 49.1 Å². The largest absolute Gasteiger partial charge is 0.416 e. The molecule has 3 aliphatic rings. The molecular formula is C31H33F3N6O. The number of nitriles is 1. The number of hydrogen-bond donors (Lipinski definition) is 0. The van der Waals surface area contributed by atoms with E-state index in [-0.39, 0.29) is 29.0 Å². The van der Waals surface area contributed by atoms with Gasteiger partial charge in [-0.15, -0.1) is 10.2 Å². The topological polar surface area (TPSA) is 78.1 Å². The van der Waals surface area contributed by atoms with E-state index in [1.165, 1.54) is 11.0 Å². The predicted molar refractivity (Wildman–Crippen MR) is 147 cm³/mol. The molecule has 3 aromatic rings. The lowest BCUT2D eigenvalue weighted by Crippen LogP contribution is -2.43. The van der Waals surface area contributed by atoms with E-state index in [0.29, 0.717) is 43.0 Å². The van der Waals surface area contributed by atoms with Crippen LogP contribution in [0.5, 0.6) is 0 Å². The first-order chi connectivity index (χ1) is 19.6. The molecule has 1 amide bonds. The molecule has 6 rings (SSSR count). The fourth-order valence-corrected chi connectivity index (χ4v) is 6.94. The Balaban J connectivity index is 1.32. The minimum absolute atomic E-state index is 0.0330. The molecule has 41 heavy (non-hydrogen) atoms. The second-order valence-corrected chi connectivity index (χ2v) is 12.1. The molecule has 1 saturated heterocycles. The molecule has 1 saturated carbocycles. The molecule has 0 spiro atoms. The van der Waals surface area contributed by atoms with Gasteiger partial charge in [0.25, 0.3) is 5.91 Å². The summed E-state index contributed by atoms with van der Waals surface area (Å²) in [5.74, 6) is 0.796. The number of halogens is 3. The van der Waals surface area contributed by atoms with Crippen LogP contribution in [0.1, 0.15) is 71.0 Å². The number of piperidine rings is 1. The first-order valence-electron chi connectivity index (χ1n) is 14.2. The van der Waals surface area contributed by atoms with E-state index in [4.69, 9.17) is 0 Å². The summed E-state index contributed by atoms with van der Waals surface area (Å²) in [6.45, 7) is 4.11. The second kappa shape index (κ2) is 10.3. The standard InChI is InChI=1S/C31H33F3N6O/c1-20-5-4-8-39(16-20)17-21-9-25-26(27(10-21)31(32,33)34)18-40(29(25)41)24-7-3-6-23(11-24)30(12-22(13-30)15-35)14-28-37-36-19-38(28)2/h3,6-7,9-11,19-20,22H,4-5,8,12-14,16-18H2,1-2H3/t20-,22?,30?/m1/s1. The number of hydrogen-bond acceptors (Lipinski definition) is 5. The van der Waals surface area contributed by atoms with Crippen LogP contribution in [0.2, 0.25) is 0 Å². The van der Waals surface area contributed by atoms with E-state index in [0.717, 1.165) is 37.3 Å². The molecule has 7 nitrogen and oxygen atoms in total. The molecule has 3 heterocycles. The number of carbonyl (C=O) groups excluding carboxylic acids is 1.